The van der Waals surface area contributed by atoms with E-state index in [0.717, 1.165) is 22.7 Å². The highest BCUT2D eigenvalue weighted by Gasteiger charge is 2.27. The maximum absolute atomic E-state index is 2.50. The Morgan fingerprint density at radius 2 is 0.758 bits per heavy atom. The van der Waals surface area contributed by atoms with Crippen molar-refractivity contribution in [2.75, 3.05) is 9.80 Å². The van der Waals surface area contributed by atoms with E-state index >= 15 is 0 Å². The molecule has 0 unspecified atom stereocenters. The molecule has 0 fully saturated rings. The first kappa shape index (κ1) is 42.6. The minimum absolute atomic E-state index is 0.0422. The van der Waals surface area contributed by atoms with Gasteiger partial charge in [0.05, 0.1) is 11.4 Å². The van der Waals surface area contributed by atoms with Crippen LogP contribution >= 0.6 is 0 Å². The highest BCUT2D eigenvalue weighted by atomic mass is 15.2. The number of nitrogens with zero attached hydrogens (tertiary/aromatic N) is 2. The van der Waals surface area contributed by atoms with Crippen LogP contribution < -0.4 is 9.80 Å². The second-order valence-corrected chi connectivity index (χ2v) is 20.0. The van der Waals surface area contributed by atoms with E-state index in [1.807, 2.05) is 0 Å². The lowest BCUT2D eigenvalue weighted by Gasteiger charge is -2.32. The number of rotatable bonds is 9. The molecule has 0 heterocycles. The van der Waals surface area contributed by atoms with Crippen LogP contribution in [0.15, 0.2) is 158 Å². The number of benzene rings is 8. The van der Waals surface area contributed by atoms with Crippen molar-refractivity contribution in [3.8, 4) is 11.1 Å². The lowest BCUT2D eigenvalue weighted by Crippen LogP contribution is -2.15. The van der Waals surface area contributed by atoms with Crippen molar-refractivity contribution in [3.05, 3.63) is 191 Å². The number of hydrogen-bond acceptors (Lipinski definition) is 2. The van der Waals surface area contributed by atoms with Crippen molar-refractivity contribution in [1.29, 1.82) is 0 Å². The summed E-state index contributed by atoms with van der Waals surface area (Å²) in [6.07, 6.45) is 0. The summed E-state index contributed by atoms with van der Waals surface area (Å²) in [4.78, 5) is 4.94. The fourth-order valence-corrected chi connectivity index (χ4v) is 9.13. The van der Waals surface area contributed by atoms with E-state index in [0.29, 0.717) is 11.8 Å². The van der Waals surface area contributed by atoms with Crippen molar-refractivity contribution in [1.82, 2.24) is 0 Å². The third kappa shape index (κ3) is 8.16. The Morgan fingerprint density at radius 3 is 1.18 bits per heavy atom. The Hall–Kier alpha value is -6.12. The van der Waals surface area contributed by atoms with Gasteiger partial charge in [0.25, 0.3) is 0 Å². The van der Waals surface area contributed by atoms with Gasteiger partial charge >= 0.3 is 0 Å². The summed E-state index contributed by atoms with van der Waals surface area (Å²) in [5.41, 5.74) is 17.2. The quantitative estimate of drug-likeness (QED) is 0.134. The maximum atomic E-state index is 2.50. The molecule has 8 aromatic carbocycles. The molecule has 8 rings (SSSR count). The fourth-order valence-electron chi connectivity index (χ4n) is 9.13. The zero-order chi connectivity index (χ0) is 44.1. The first-order chi connectivity index (χ1) is 29.5. The second-order valence-electron chi connectivity index (χ2n) is 20.0. The van der Waals surface area contributed by atoms with Crippen LogP contribution in [0, 0.1) is 13.8 Å². The Labute approximate surface area is 371 Å². The van der Waals surface area contributed by atoms with E-state index < -0.39 is 0 Å². The van der Waals surface area contributed by atoms with Gasteiger partial charge in [0.2, 0.25) is 0 Å². The minimum atomic E-state index is -0.0454. The van der Waals surface area contributed by atoms with Gasteiger partial charge in [0, 0.05) is 33.5 Å². The maximum Gasteiger partial charge on any atom is 0.0618 e. The molecule has 62 heavy (non-hydrogen) atoms. The van der Waals surface area contributed by atoms with Crippen molar-refractivity contribution in [2.45, 2.75) is 106 Å². The monoisotopic (exact) mass is 813 g/mol. The van der Waals surface area contributed by atoms with Crippen LogP contribution in [-0.4, -0.2) is 0 Å². The fraction of sp³-hybridized carbons (Fsp3) is 0.267. The zero-order valence-corrected chi connectivity index (χ0v) is 39.1. The Kier molecular flexibility index (Phi) is 11.4. The highest BCUT2D eigenvalue weighted by Crippen LogP contribution is 2.51. The summed E-state index contributed by atoms with van der Waals surface area (Å²) in [7, 11) is 0. The Morgan fingerprint density at radius 1 is 0.371 bits per heavy atom. The van der Waals surface area contributed by atoms with E-state index in [4.69, 9.17) is 0 Å². The molecule has 2 nitrogen and oxygen atoms in total. The Balaban J connectivity index is 1.46. The molecule has 0 bridgehead atoms. The molecule has 0 saturated carbocycles. The van der Waals surface area contributed by atoms with Crippen LogP contribution in [0.4, 0.5) is 34.1 Å². The van der Waals surface area contributed by atoms with Gasteiger partial charge in [-0.3, -0.25) is 0 Å². The molecule has 2 heteroatoms. The smallest absolute Gasteiger partial charge is 0.0618 e. The number of para-hydroxylation sites is 2. The molecule has 0 atom stereocenters. The van der Waals surface area contributed by atoms with Gasteiger partial charge < -0.3 is 9.80 Å². The Bertz CT molecular complexity index is 2830. The van der Waals surface area contributed by atoms with Crippen LogP contribution in [-0.2, 0) is 10.8 Å². The van der Waals surface area contributed by atoms with Gasteiger partial charge in [-0.25, -0.2) is 0 Å². The van der Waals surface area contributed by atoms with E-state index in [1.165, 1.54) is 77.4 Å². The van der Waals surface area contributed by atoms with Crippen LogP contribution in [0.2, 0.25) is 0 Å². The summed E-state index contributed by atoms with van der Waals surface area (Å²) >= 11 is 0. The van der Waals surface area contributed by atoms with Crippen molar-refractivity contribution < 1.29 is 0 Å². The normalized spacial score (nSPS) is 12.2. The van der Waals surface area contributed by atoms with E-state index in [-0.39, 0.29) is 10.8 Å². The van der Waals surface area contributed by atoms with Crippen molar-refractivity contribution in [2.24, 2.45) is 0 Å². The summed E-state index contributed by atoms with van der Waals surface area (Å²) < 4.78 is 0. The van der Waals surface area contributed by atoms with Gasteiger partial charge in [-0.15, -0.1) is 0 Å². The number of hydrogen-bond donors (Lipinski definition) is 0. The largest absolute Gasteiger partial charge is 0.310 e. The van der Waals surface area contributed by atoms with E-state index in [2.05, 4.69) is 251 Å². The molecule has 314 valence electrons. The summed E-state index contributed by atoms with van der Waals surface area (Å²) in [6.45, 7) is 27.6. The standard InChI is InChI=1S/C60H64N2/c1-39(2)43-23-29-50(30-24-43)61(48-19-15-13-16-20-48)57-41(5)35-45(36-42(57)6)56-52-33-27-47(60(10,11)12)38-55(52)58(53-34-28-46(37-54(53)56)59(7,8)9)62(49-21-17-14-18-22-49)51-31-25-44(26-32-51)40(3)4/h13-40H,1-12H3. The average molecular weight is 813 g/mol. The molecule has 0 aliphatic heterocycles. The van der Waals surface area contributed by atoms with Gasteiger partial charge in [0.1, 0.15) is 0 Å². The molecule has 0 aromatic heterocycles. The zero-order valence-electron chi connectivity index (χ0n) is 39.1. The third-order valence-corrected chi connectivity index (χ3v) is 12.7. The highest BCUT2D eigenvalue weighted by molar-refractivity contribution is 6.22. The van der Waals surface area contributed by atoms with Crippen LogP contribution in [0.1, 0.15) is 114 Å². The van der Waals surface area contributed by atoms with Gasteiger partial charge in [0.15, 0.2) is 0 Å². The van der Waals surface area contributed by atoms with E-state index in [1.54, 1.807) is 0 Å². The lowest BCUT2D eigenvalue weighted by atomic mass is 9.80. The SMILES string of the molecule is Cc1cc(-c2c3cc(C(C)(C)C)ccc3c(N(c3ccccc3)c3ccc(C(C)C)cc3)c3cc(C(C)(C)C)ccc23)cc(C)c1N(c1ccccc1)c1ccc(C(C)C)cc1. The predicted octanol–water partition coefficient (Wildman–Crippen LogP) is 18.1. The molecule has 8 aromatic rings. The van der Waals surface area contributed by atoms with E-state index in [9.17, 15) is 0 Å². The molecule has 0 saturated heterocycles. The summed E-state index contributed by atoms with van der Waals surface area (Å²) in [6, 6.07) is 59.5. The van der Waals surface area contributed by atoms with Gasteiger partial charge in [-0.2, -0.15) is 0 Å². The molecule has 0 radical (unpaired) electrons. The number of fused-ring (bicyclic) bond motifs is 2. The number of anilines is 6. The first-order valence-electron chi connectivity index (χ1n) is 22.6. The van der Waals surface area contributed by atoms with Crippen LogP contribution in [0.3, 0.4) is 0 Å². The number of aryl methyl sites for hydroxylation is 2. The summed E-state index contributed by atoms with van der Waals surface area (Å²) in [5, 5.41) is 5.00. The first-order valence-corrected chi connectivity index (χ1v) is 22.6. The lowest BCUT2D eigenvalue weighted by molar-refractivity contribution is 0.590. The average Bonchev–Trinajstić information content (AvgIpc) is 3.24. The van der Waals surface area contributed by atoms with Crippen LogP contribution in [0.25, 0.3) is 32.7 Å². The van der Waals surface area contributed by atoms with Gasteiger partial charge in [-0.1, -0.05) is 154 Å². The van der Waals surface area contributed by atoms with Crippen molar-refractivity contribution >= 4 is 55.7 Å². The van der Waals surface area contributed by atoms with Gasteiger partial charge in [-0.05, 0) is 165 Å². The molecule has 0 aliphatic rings. The molecular weight excluding hydrogens is 749 g/mol. The second kappa shape index (κ2) is 16.6. The van der Waals surface area contributed by atoms with Crippen LogP contribution in [0.5, 0.6) is 0 Å². The van der Waals surface area contributed by atoms with Crippen molar-refractivity contribution in [3.63, 3.8) is 0 Å². The topological polar surface area (TPSA) is 6.48 Å². The third-order valence-electron chi connectivity index (χ3n) is 12.7. The molecule has 0 amide bonds. The molecule has 0 aliphatic carbocycles. The molecular formula is C60H64N2. The molecule has 0 spiro atoms. The predicted molar refractivity (Wildman–Crippen MR) is 271 cm³/mol. The molecule has 0 N–H and O–H groups in total. The summed E-state index contributed by atoms with van der Waals surface area (Å²) in [5.74, 6) is 0.917. The minimum Gasteiger partial charge on any atom is -0.310 e.